The van der Waals surface area contributed by atoms with Gasteiger partial charge in [-0.25, -0.2) is 14.3 Å². The van der Waals surface area contributed by atoms with Gasteiger partial charge in [-0.05, 0) is 13.3 Å². The smallest absolute Gasteiger partial charge is 0.343 e. The summed E-state index contributed by atoms with van der Waals surface area (Å²) in [7, 11) is 0. The molecule has 0 aliphatic heterocycles. The number of nitrogens with zero attached hydrogens (tertiary/aromatic N) is 3. The number of carbonyl (C=O) groups is 2. The summed E-state index contributed by atoms with van der Waals surface area (Å²) in [6, 6.07) is -1.48. The average molecular weight is 227 g/mol. The van der Waals surface area contributed by atoms with E-state index in [-0.39, 0.29) is 6.10 Å². The minimum atomic E-state index is -1.48. The normalized spacial score (nSPS) is 14.1. The van der Waals surface area contributed by atoms with Crippen molar-refractivity contribution in [3.8, 4) is 0 Å². The number of carboxylic acid groups (broad SMARTS) is 1. The molecule has 2 atom stereocenters. The van der Waals surface area contributed by atoms with Crippen LogP contribution in [0.1, 0.15) is 26.3 Å². The summed E-state index contributed by atoms with van der Waals surface area (Å²) < 4.78 is 5.89. The van der Waals surface area contributed by atoms with E-state index < -0.39 is 18.0 Å². The van der Waals surface area contributed by atoms with Gasteiger partial charge in [0.25, 0.3) is 0 Å². The summed E-state index contributed by atoms with van der Waals surface area (Å²) >= 11 is 0. The topological polar surface area (TPSA) is 94.3 Å². The van der Waals surface area contributed by atoms with Gasteiger partial charge in [0.1, 0.15) is 0 Å². The number of carboxylic acids is 1. The molecule has 0 aliphatic rings. The molecule has 1 rings (SSSR count). The number of aromatic nitrogens is 3. The van der Waals surface area contributed by atoms with Crippen LogP contribution >= 0.6 is 0 Å². The van der Waals surface area contributed by atoms with Gasteiger partial charge in [0.2, 0.25) is 6.04 Å². The molecule has 0 radical (unpaired) electrons. The van der Waals surface area contributed by atoms with E-state index in [0.29, 0.717) is 6.42 Å². The first-order valence-corrected chi connectivity index (χ1v) is 4.85. The van der Waals surface area contributed by atoms with Gasteiger partial charge in [0.05, 0.1) is 12.3 Å². The van der Waals surface area contributed by atoms with E-state index in [1.165, 1.54) is 12.4 Å². The van der Waals surface area contributed by atoms with Crippen molar-refractivity contribution in [2.45, 2.75) is 32.4 Å². The van der Waals surface area contributed by atoms with Crippen LogP contribution in [0.3, 0.4) is 0 Å². The van der Waals surface area contributed by atoms with Gasteiger partial charge in [-0.15, -0.1) is 5.10 Å². The number of aliphatic carboxylic acids is 1. The maximum atomic E-state index is 11.6. The first kappa shape index (κ1) is 12.2. The minimum absolute atomic E-state index is 0.321. The number of hydrogen-bond donors (Lipinski definition) is 1. The molecule has 0 saturated carbocycles. The van der Waals surface area contributed by atoms with Crippen molar-refractivity contribution in [1.82, 2.24) is 15.0 Å². The van der Waals surface area contributed by atoms with E-state index in [9.17, 15) is 9.59 Å². The molecule has 1 aromatic rings. The molecule has 16 heavy (non-hydrogen) atoms. The maximum absolute atomic E-state index is 11.6. The molecule has 0 fully saturated rings. The second kappa shape index (κ2) is 5.24. The molecule has 0 spiro atoms. The number of carbonyl (C=O) groups excluding carboxylic acids is 1. The second-order valence-electron chi connectivity index (χ2n) is 3.28. The van der Waals surface area contributed by atoms with E-state index in [0.717, 1.165) is 4.68 Å². The molecule has 7 heteroatoms. The highest BCUT2D eigenvalue weighted by molar-refractivity contribution is 5.96. The zero-order chi connectivity index (χ0) is 12.1. The number of esters is 1. The Hall–Kier alpha value is -1.92. The van der Waals surface area contributed by atoms with Crippen LogP contribution in [-0.2, 0) is 14.3 Å². The first-order chi connectivity index (χ1) is 7.56. The zero-order valence-corrected chi connectivity index (χ0v) is 9.03. The number of hydrogen-bond acceptors (Lipinski definition) is 5. The Kier molecular flexibility index (Phi) is 3.98. The van der Waals surface area contributed by atoms with Crippen LogP contribution in [0.5, 0.6) is 0 Å². The summed E-state index contributed by atoms with van der Waals surface area (Å²) in [6.07, 6.45) is 2.90. The summed E-state index contributed by atoms with van der Waals surface area (Å²) in [5, 5.41) is 15.8. The molecule has 0 amide bonds. The highest BCUT2D eigenvalue weighted by Gasteiger charge is 2.31. The zero-order valence-electron chi connectivity index (χ0n) is 9.03. The van der Waals surface area contributed by atoms with Crippen molar-refractivity contribution in [2.75, 3.05) is 0 Å². The molecular weight excluding hydrogens is 214 g/mol. The van der Waals surface area contributed by atoms with Gasteiger partial charge in [-0.1, -0.05) is 12.1 Å². The summed E-state index contributed by atoms with van der Waals surface area (Å²) in [5.41, 5.74) is 0. The van der Waals surface area contributed by atoms with E-state index in [2.05, 4.69) is 10.3 Å². The first-order valence-electron chi connectivity index (χ1n) is 4.85. The number of rotatable bonds is 5. The summed E-state index contributed by atoms with van der Waals surface area (Å²) in [6.45, 7) is 3.53. The lowest BCUT2D eigenvalue weighted by Gasteiger charge is -2.15. The molecule has 0 aliphatic carbocycles. The lowest BCUT2D eigenvalue weighted by molar-refractivity contribution is -0.161. The lowest BCUT2D eigenvalue weighted by Crippen LogP contribution is -2.31. The van der Waals surface area contributed by atoms with E-state index in [1.54, 1.807) is 6.92 Å². The molecule has 7 nitrogen and oxygen atoms in total. The predicted molar refractivity (Wildman–Crippen MR) is 52.5 cm³/mol. The van der Waals surface area contributed by atoms with Gasteiger partial charge in [-0.2, -0.15) is 0 Å². The second-order valence-corrected chi connectivity index (χ2v) is 3.28. The van der Waals surface area contributed by atoms with Crippen molar-refractivity contribution in [3.63, 3.8) is 0 Å². The molecule has 0 bridgehead atoms. The molecule has 2 unspecified atom stereocenters. The molecule has 0 saturated heterocycles. The fourth-order valence-electron chi connectivity index (χ4n) is 1.02. The summed E-state index contributed by atoms with van der Waals surface area (Å²) in [5.74, 6) is -2.16. The standard InChI is InChI=1S/C9H13N3O4/c1-3-6(2)16-9(15)7(8(13)14)12-5-4-10-11-12/h4-7H,3H2,1-2H3,(H,13,14). The fourth-order valence-corrected chi connectivity index (χ4v) is 1.02. The van der Waals surface area contributed by atoms with Gasteiger partial charge in [0, 0.05) is 6.20 Å². The maximum Gasteiger partial charge on any atom is 0.343 e. The van der Waals surface area contributed by atoms with Crippen LogP contribution in [0.15, 0.2) is 12.4 Å². The van der Waals surface area contributed by atoms with Crippen LogP contribution in [0, 0.1) is 0 Å². The third-order valence-corrected chi connectivity index (χ3v) is 2.05. The van der Waals surface area contributed by atoms with Gasteiger partial charge < -0.3 is 9.84 Å². The van der Waals surface area contributed by atoms with E-state index >= 15 is 0 Å². The predicted octanol–water partition coefficient (Wildman–Crippen LogP) is 0.245. The Balaban J connectivity index is 2.79. The van der Waals surface area contributed by atoms with Crippen LogP contribution in [-0.4, -0.2) is 38.1 Å². The van der Waals surface area contributed by atoms with Crippen molar-refractivity contribution in [3.05, 3.63) is 12.4 Å². The van der Waals surface area contributed by atoms with Crippen molar-refractivity contribution in [2.24, 2.45) is 0 Å². The Morgan fingerprint density at radius 1 is 1.56 bits per heavy atom. The molecule has 0 aromatic carbocycles. The van der Waals surface area contributed by atoms with E-state index in [1.807, 2.05) is 6.92 Å². The van der Waals surface area contributed by atoms with Gasteiger partial charge in [-0.3, -0.25) is 0 Å². The van der Waals surface area contributed by atoms with Gasteiger partial charge >= 0.3 is 11.9 Å². The molecule has 1 aromatic heterocycles. The average Bonchev–Trinajstić information content (AvgIpc) is 2.70. The van der Waals surface area contributed by atoms with Crippen LogP contribution in [0.4, 0.5) is 0 Å². The lowest BCUT2D eigenvalue weighted by atomic mass is 10.3. The Morgan fingerprint density at radius 3 is 2.69 bits per heavy atom. The van der Waals surface area contributed by atoms with Crippen molar-refractivity contribution < 1.29 is 19.4 Å². The molecule has 1 heterocycles. The molecule has 1 N–H and O–H groups in total. The van der Waals surface area contributed by atoms with Crippen LogP contribution in [0.25, 0.3) is 0 Å². The highest BCUT2D eigenvalue weighted by atomic mass is 16.5. The van der Waals surface area contributed by atoms with Crippen molar-refractivity contribution in [1.29, 1.82) is 0 Å². The SMILES string of the molecule is CCC(C)OC(=O)C(C(=O)O)n1ccnn1. The Morgan fingerprint density at radius 2 is 2.25 bits per heavy atom. The fraction of sp³-hybridized carbons (Fsp3) is 0.556. The van der Waals surface area contributed by atoms with E-state index in [4.69, 9.17) is 9.84 Å². The monoisotopic (exact) mass is 227 g/mol. The highest BCUT2D eigenvalue weighted by Crippen LogP contribution is 2.09. The Bertz CT molecular complexity index is 363. The third-order valence-electron chi connectivity index (χ3n) is 2.05. The van der Waals surface area contributed by atoms with Crippen LogP contribution < -0.4 is 0 Å². The third kappa shape index (κ3) is 2.78. The number of ether oxygens (including phenoxy) is 1. The molecular formula is C9H13N3O4. The quantitative estimate of drug-likeness (QED) is 0.572. The van der Waals surface area contributed by atoms with Crippen molar-refractivity contribution >= 4 is 11.9 Å². The molecule has 88 valence electrons. The summed E-state index contributed by atoms with van der Waals surface area (Å²) in [4.78, 5) is 22.5. The minimum Gasteiger partial charge on any atom is -0.479 e. The van der Waals surface area contributed by atoms with Crippen LogP contribution in [0.2, 0.25) is 0 Å². The Labute approximate surface area is 92.0 Å². The van der Waals surface area contributed by atoms with Gasteiger partial charge in [0.15, 0.2) is 0 Å². The largest absolute Gasteiger partial charge is 0.479 e.